The molecular formula is C21H23N3O2S. The summed E-state index contributed by atoms with van der Waals surface area (Å²) < 4.78 is 5.32. The van der Waals surface area contributed by atoms with E-state index in [1.54, 1.807) is 18.4 Å². The molecule has 0 spiro atoms. The number of aromatic nitrogens is 1. The molecule has 140 valence electrons. The number of para-hydroxylation sites is 1. The molecule has 3 rings (SSSR count). The van der Waals surface area contributed by atoms with Gasteiger partial charge < -0.3 is 15.4 Å². The number of urea groups is 1. The molecular weight excluding hydrogens is 358 g/mol. The molecule has 0 atom stereocenters. The van der Waals surface area contributed by atoms with Crippen molar-refractivity contribution in [2.45, 2.75) is 12.8 Å². The predicted octanol–water partition coefficient (Wildman–Crippen LogP) is 3.90. The summed E-state index contributed by atoms with van der Waals surface area (Å²) in [7, 11) is 1.65. The lowest BCUT2D eigenvalue weighted by atomic mass is 10.1. The summed E-state index contributed by atoms with van der Waals surface area (Å²) in [5, 5.41) is 8.81. The third-order valence-corrected chi connectivity index (χ3v) is 5.05. The molecule has 0 saturated heterocycles. The Morgan fingerprint density at radius 3 is 2.48 bits per heavy atom. The zero-order valence-corrected chi connectivity index (χ0v) is 16.1. The minimum absolute atomic E-state index is 0.164. The molecule has 2 amide bonds. The fraction of sp³-hybridized carbons (Fsp3) is 0.238. The predicted molar refractivity (Wildman–Crippen MR) is 109 cm³/mol. The highest BCUT2D eigenvalue weighted by Gasteiger charge is 2.06. The summed E-state index contributed by atoms with van der Waals surface area (Å²) in [4.78, 5) is 16.6. The number of methoxy groups -OCH3 is 1. The molecule has 0 fully saturated rings. The van der Waals surface area contributed by atoms with Crippen LogP contribution in [0.3, 0.4) is 0 Å². The van der Waals surface area contributed by atoms with E-state index in [0.717, 1.165) is 34.0 Å². The van der Waals surface area contributed by atoms with Gasteiger partial charge >= 0.3 is 6.03 Å². The third kappa shape index (κ3) is 5.56. The van der Waals surface area contributed by atoms with Gasteiger partial charge in [0.25, 0.3) is 0 Å². The van der Waals surface area contributed by atoms with Crippen molar-refractivity contribution in [3.05, 3.63) is 71.2 Å². The molecule has 2 aromatic carbocycles. The van der Waals surface area contributed by atoms with E-state index in [4.69, 9.17) is 4.74 Å². The van der Waals surface area contributed by atoms with Crippen molar-refractivity contribution in [2.75, 3.05) is 20.2 Å². The highest BCUT2D eigenvalue weighted by Crippen LogP contribution is 2.23. The molecule has 0 unspecified atom stereocenters. The monoisotopic (exact) mass is 381 g/mol. The topological polar surface area (TPSA) is 63.2 Å². The van der Waals surface area contributed by atoms with Crippen molar-refractivity contribution < 1.29 is 9.53 Å². The van der Waals surface area contributed by atoms with Gasteiger partial charge in [-0.25, -0.2) is 9.78 Å². The number of nitrogens with one attached hydrogen (secondary N) is 2. The van der Waals surface area contributed by atoms with E-state index >= 15 is 0 Å². The van der Waals surface area contributed by atoms with Crippen molar-refractivity contribution in [1.29, 1.82) is 0 Å². The van der Waals surface area contributed by atoms with Gasteiger partial charge in [0.15, 0.2) is 0 Å². The first-order valence-corrected chi connectivity index (χ1v) is 9.77. The zero-order valence-electron chi connectivity index (χ0n) is 15.3. The van der Waals surface area contributed by atoms with E-state index in [0.29, 0.717) is 19.5 Å². The highest BCUT2D eigenvalue weighted by molar-refractivity contribution is 7.13. The molecule has 0 aliphatic carbocycles. The number of carbonyl (C=O) groups is 1. The number of ether oxygens (including phenoxy) is 1. The number of benzene rings is 2. The Labute approximate surface area is 163 Å². The van der Waals surface area contributed by atoms with Crippen molar-refractivity contribution >= 4 is 17.4 Å². The zero-order chi connectivity index (χ0) is 18.9. The van der Waals surface area contributed by atoms with Crippen LogP contribution in [0.15, 0.2) is 60.0 Å². The van der Waals surface area contributed by atoms with Crippen LogP contribution in [-0.2, 0) is 12.8 Å². The first-order valence-electron chi connectivity index (χ1n) is 8.89. The molecule has 0 saturated carbocycles. The molecule has 3 aromatic rings. The van der Waals surface area contributed by atoms with Gasteiger partial charge in [-0.15, -0.1) is 11.3 Å². The molecule has 1 aromatic heterocycles. The molecule has 1 heterocycles. The molecule has 27 heavy (non-hydrogen) atoms. The summed E-state index contributed by atoms with van der Waals surface area (Å²) in [6, 6.07) is 17.8. The summed E-state index contributed by atoms with van der Waals surface area (Å²) in [6.07, 6.45) is 1.44. The van der Waals surface area contributed by atoms with Crippen LogP contribution in [0, 0.1) is 0 Å². The summed E-state index contributed by atoms with van der Waals surface area (Å²) in [5.41, 5.74) is 3.19. The minimum atomic E-state index is -0.164. The Bertz CT molecular complexity index is 865. The lowest BCUT2D eigenvalue weighted by Crippen LogP contribution is -2.37. The summed E-state index contributed by atoms with van der Waals surface area (Å²) in [5.74, 6) is 0.845. The Morgan fingerprint density at radius 2 is 1.70 bits per heavy atom. The quantitative estimate of drug-likeness (QED) is 0.622. The second-order valence-corrected chi connectivity index (χ2v) is 6.86. The largest absolute Gasteiger partial charge is 0.496 e. The fourth-order valence-electron chi connectivity index (χ4n) is 2.72. The summed E-state index contributed by atoms with van der Waals surface area (Å²) >= 11 is 1.63. The Balaban J connectivity index is 1.38. The van der Waals surface area contributed by atoms with E-state index in [1.165, 1.54) is 0 Å². The average molecular weight is 382 g/mol. The van der Waals surface area contributed by atoms with E-state index in [2.05, 4.69) is 27.8 Å². The second-order valence-electron chi connectivity index (χ2n) is 6.00. The number of hydrogen-bond acceptors (Lipinski definition) is 4. The third-order valence-electron chi connectivity index (χ3n) is 4.11. The number of carbonyl (C=O) groups excluding carboxylic acids is 1. The Kier molecular flexibility index (Phi) is 6.82. The molecule has 0 aliphatic heterocycles. The number of amides is 2. The molecule has 5 nitrogen and oxygen atoms in total. The van der Waals surface area contributed by atoms with Crippen LogP contribution in [0.2, 0.25) is 0 Å². The molecule has 0 bridgehead atoms. The maximum atomic E-state index is 11.9. The van der Waals surface area contributed by atoms with Gasteiger partial charge in [-0.2, -0.15) is 0 Å². The second kappa shape index (κ2) is 9.73. The van der Waals surface area contributed by atoms with Crippen molar-refractivity contribution in [3.8, 4) is 16.3 Å². The fourth-order valence-corrected chi connectivity index (χ4v) is 3.58. The number of thiazole rings is 1. The van der Waals surface area contributed by atoms with E-state index in [9.17, 15) is 4.79 Å². The normalized spacial score (nSPS) is 10.4. The Morgan fingerprint density at radius 1 is 1.00 bits per heavy atom. The van der Waals surface area contributed by atoms with E-state index < -0.39 is 0 Å². The van der Waals surface area contributed by atoms with Crippen LogP contribution in [-0.4, -0.2) is 31.2 Å². The maximum Gasteiger partial charge on any atom is 0.314 e. The molecule has 6 heteroatoms. The summed E-state index contributed by atoms with van der Waals surface area (Å²) in [6.45, 7) is 1.11. The first kappa shape index (κ1) is 18.9. The van der Waals surface area contributed by atoms with Gasteiger partial charge in [-0.3, -0.25) is 0 Å². The highest BCUT2D eigenvalue weighted by atomic mass is 32.1. The van der Waals surface area contributed by atoms with Crippen LogP contribution >= 0.6 is 11.3 Å². The van der Waals surface area contributed by atoms with Crippen LogP contribution in [0.4, 0.5) is 4.79 Å². The smallest absolute Gasteiger partial charge is 0.314 e. The Hall–Kier alpha value is -2.86. The lowest BCUT2D eigenvalue weighted by molar-refractivity contribution is 0.241. The maximum absolute atomic E-state index is 11.9. The first-order chi connectivity index (χ1) is 13.3. The van der Waals surface area contributed by atoms with Crippen LogP contribution in [0.25, 0.3) is 10.6 Å². The standard InChI is InChI=1S/C21H23N3O2S/c1-26-19-10-6-5-7-16(19)11-13-22-21(25)23-14-12-18-15-27-20(24-18)17-8-3-2-4-9-17/h2-10,15H,11-14H2,1H3,(H2,22,23,25). The number of rotatable bonds is 8. The number of nitrogens with zero attached hydrogens (tertiary/aromatic N) is 1. The van der Waals surface area contributed by atoms with Crippen LogP contribution in [0.5, 0.6) is 5.75 Å². The van der Waals surface area contributed by atoms with Crippen LogP contribution < -0.4 is 15.4 Å². The number of hydrogen-bond donors (Lipinski definition) is 2. The van der Waals surface area contributed by atoms with Gasteiger partial charge in [-0.1, -0.05) is 48.5 Å². The SMILES string of the molecule is COc1ccccc1CCNC(=O)NCCc1csc(-c2ccccc2)n1. The minimum Gasteiger partial charge on any atom is -0.496 e. The van der Waals surface area contributed by atoms with Crippen molar-refractivity contribution in [1.82, 2.24) is 15.6 Å². The average Bonchev–Trinajstić information content (AvgIpc) is 3.18. The van der Waals surface area contributed by atoms with Gasteiger partial charge in [-0.05, 0) is 18.1 Å². The lowest BCUT2D eigenvalue weighted by Gasteiger charge is -2.09. The molecule has 0 aliphatic rings. The van der Waals surface area contributed by atoms with Gasteiger partial charge in [0.1, 0.15) is 10.8 Å². The van der Waals surface area contributed by atoms with Crippen LogP contribution in [0.1, 0.15) is 11.3 Å². The van der Waals surface area contributed by atoms with Gasteiger partial charge in [0, 0.05) is 30.5 Å². The van der Waals surface area contributed by atoms with Gasteiger partial charge in [0.05, 0.1) is 12.8 Å². The van der Waals surface area contributed by atoms with Crippen molar-refractivity contribution in [2.24, 2.45) is 0 Å². The van der Waals surface area contributed by atoms with E-state index in [-0.39, 0.29) is 6.03 Å². The van der Waals surface area contributed by atoms with Gasteiger partial charge in [0.2, 0.25) is 0 Å². The molecule has 0 radical (unpaired) electrons. The molecule has 2 N–H and O–H groups in total. The van der Waals surface area contributed by atoms with E-state index in [1.807, 2.05) is 47.8 Å². The van der Waals surface area contributed by atoms with Crippen molar-refractivity contribution in [3.63, 3.8) is 0 Å².